The summed E-state index contributed by atoms with van der Waals surface area (Å²) in [6.07, 6.45) is 0. The Hall–Kier alpha value is -2.01. The van der Waals surface area contributed by atoms with Gasteiger partial charge in [0.25, 0.3) is 0 Å². The average Bonchev–Trinajstić information content (AvgIpc) is 2.52. The fourth-order valence-electron chi connectivity index (χ4n) is 2.90. The van der Waals surface area contributed by atoms with E-state index in [-0.39, 0.29) is 11.6 Å². The summed E-state index contributed by atoms with van der Waals surface area (Å²) in [5.74, 6) is -1.01. The predicted molar refractivity (Wildman–Crippen MR) is 79.4 cm³/mol. The normalized spacial score (nSPS) is 16.0. The van der Waals surface area contributed by atoms with Gasteiger partial charge in [0.2, 0.25) is 0 Å². The van der Waals surface area contributed by atoms with Crippen LogP contribution in [0.25, 0.3) is 0 Å². The molecule has 2 aromatic rings. The molecule has 0 atom stereocenters. The van der Waals surface area contributed by atoms with E-state index in [1.54, 1.807) is 12.1 Å². The molecule has 1 aliphatic rings. The maximum absolute atomic E-state index is 13.8. The Bertz CT molecular complexity index is 652. The molecule has 0 saturated carbocycles. The van der Waals surface area contributed by atoms with Crippen molar-refractivity contribution in [2.75, 3.05) is 31.1 Å². The number of nitrogens with zero attached hydrogens (tertiary/aromatic N) is 1. The second-order valence-electron chi connectivity index (χ2n) is 5.60. The zero-order valence-electron chi connectivity index (χ0n) is 12.2. The number of benzene rings is 2. The number of nitrogens with one attached hydrogen (secondary N) is 1. The monoisotopic (exact) mass is 307 g/mol. The van der Waals surface area contributed by atoms with Crippen LogP contribution in [0.2, 0.25) is 0 Å². The first kappa shape index (κ1) is 14.9. The number of para-hydroxylation sites is 1. The number of piperazine rings is 1. The molecule has 0 amide bonds. The molecular weight excluding hydrogens is 289 g/mol. The number of hydrogen-bond acceptors (Lipinski definition) is 1. The standard InChI is InChI=1S/C17H17F3N2/c18-14-5-6-15(19)13(11-14)12-21-7-9-22(10-8-21)17-4-2-1-3-16(17)20/h1-6,11H,7-10,12H2/p+1. The molecule has 0 spiro atoms. The van der Waals surface area contributed by atoms with Gasteiger partial charge >= 0.3 is 0 Å². The molecule has 0 unspecified atom stereocenters. The Balaban J connectivity index is 1.62. The lowest BCUT2D eigenvalue weighted by Gasteiger charge is -2.33. The second-order valence-corrected chi connectivity index (χ2v) is 5.60. The zero-order chi connectivity index (χ0) is 15.5. The van der Waals surface area contributed by atoms with Gasteiger partial charge < -0.3 is 9.80 Å². The summed E-state index contributed by atoms with van der Waals surface area (Å²) in [6.45, 7) is 3.39. The zero-order valence-corrected chi connectivity index (χ0v) is 12.2. The Labute approximate surface area is 127 Å². The van der Waals surface area contributed by atoms with Gasteiger partial charge in [-0.1, -0.05) is 12.1 Å². The van der Waals surface area contributed by atoms with Gasteiger partial charge in [0.1, 0.15) is 24.0 Å². The van der Waals surface area contributed by atoms with E-state index in [1.165, 1.54) is 23.1 Å². The van der Waals surface area contributed by atoms with Crippen molar-refractivity contribution in [2.45, 2.75) is 6.54 Å². The van der Waals surface area contributed by atoms with Gasteiger partial charge in [-0.3, -0.25) is 0 Å². The molecule has 0 aliphatic carbocycles. The van der Waals surface area contributed by atoms with E-state index < -0.39 is 5.82 Å². The third-order valence-corrected chi connectivity index (χ3v) is 4.11. The van der Waals surface area contributed by atoms with Crippen molar-refractivity contribution in [1.29, 1.82) is 0 Å². The fourth-order valence-corrected chi connectivity index (χ4v) is 2.90. The maximum atomic E-state index is 13.8. The molecule has 5 heteroatoms. The highest BCUT2D eigenvalue weighted by Gasteiger charge is 2.23. The predicted octanol–water partition coefficient (Wildman–Crippen LogP) is 2.01. The third kappa shape index (κ3) is 3.25. The SMILES string of the molecule is Fc1ccc(F)c(C[NH+]2CCN(c3ccccc3F)CC2)c1. The van der Waals surface area contributed by atoms with E-state index in [4.69, 9.17) is 0 Å². The Kier molecular flexibility index (Phi) is 4.34. The summed E-state index contributed by atoms with van der Waals surface area (Å²) < 4.78 is 40.7. The van der Waals surface area contributed by atoms with Crippen LogP contribution in [-0.2, 0) is 6.54 Å². The lowest BCUT2D eigenvalue weighted by atomic mass is 10.1. The van der Waals surface area contributed by atoms with Crippen LogP contribution in [0.5, 0.6) is 0 Å². The summed E-state index contributed by atoms with van der Waals surface area (Å²) >= 11 is 0. The van der Waals surface area contributed by atoms with Gasteiger partial charge in [-0.2, -0.15) is 0 Å². The number of hydrogen-bond donors (Lipinski definition) is 1. The van der Waals surface area contributed by atoms with Crippen molar-refractivity contribution in [3.05, 3.63) is 65.5 Å². The Morgan fingerprint density at radius 1 is 0.909 bits per heavy atom. The van der Waals surface area contributed by atoms with Crippen LogP contribution < -0.4 is 9.80 Å². The van der Waals surface area contributed by atoms with Crippen molar-refractivity contribution < 1.29 is 18.1 Å². The van der Waals surface area contributed by atoms with Crippen molar-refractivity contribution in [3.8, 4) is 0 Å². The molecule has 0 bridgehead atoms. The van der Waals surface area contributed by atoms with Crippen LogP contribution in [0.1, 0.15) is 5.56 Å². The topological polar surface area (TPSA) is 7.68 Å². The molecule has 3 rings (SSSR count). The van der Waals surface area contributed by atoms with Crippen LogP contribution in [0.3, 0.4) is 0 Å². The first-order valence-corrected chi connectivity index (χ1v) is 7.40. The van der Waals surface area contributed by atoms with E-state index in [2.05, 4.69) is 0 Å². The second kappa shape index (κ2) is 6.40. The summed E-state index contributed by atoms with van der Waals surface area (Å²) in [5, 5.41) is 0. The lowest BCUT2D eigenvalue weighted by molar-refractivity contribution is -0.914. The Morgan fingerprint density at radius 3 is 2.36 bits per heavy atom. The molecule has 0 aromatic heterocycles. The van der Waals surface area contributed by atoms with Crippen molar-refractivity contribution >= 4 is 5.69 Å². The largest absolute Gasteiger partial charge is 0.358 e. The first-order chi connectivity index (χ1) is 10.6. The fraction of sp³-hybridized carbons (Fsp3) is 0.294. The third-order valence-electron chi connectivity index (χ3n) is 4.11. The molecule has 0 radical (unpaired) electrons. The van der Waals surface area contributed by atoms with Crippen LogP contribution >= 0.6 is 0 Å². The van der Waals surface area contributed by atoms with E-state index in [0.29, 0.717) is 30.9 Å². The van der Waals surface area contributed by atoms with E-state index >= 15 is 0 Å². The van der Waals surface area contributed by atoms with E-state index in [0.717, 1.165) is 19.2 Å². The van der Waals surface area contributed by atoms with Crippen LogP contribution in [0, 0.1) is 17.5 Å². The smallest absolute Gasteiger partial charge is 0.146 e. The van der Waals surface area contributed by atoms with Gasteiger partial charge in [0.15, 0.2) is 0 Å². The summed E-state index contributed by atoms with van der Waals surface area (Å²) in [6, 6.07) is 10.3. The average molecular weight is 307 g/mol. The van der Waals surface area contributed by atoms with Gasteiger partial charge in [-0.05, 0) is 30.3 Å². The first-order valence-electron chi connectivity index (χ1n) is 7.40. The number of anilines is 1. The van der Waals surface area contributed by atoms with Crippen LogP contribution in [0.4, 0.5) is 18.9 Å². The van der Waals surface area contributed by atoms with Crippen LogP contribution in [-0.4, -0.2) is 26.2 Å². The minimum atomic E-state index is -0.416. The van der Waals surface area contributed by atoms with Gasteiger partial charge in [0, 0.05) is 5.56 Å². The van der Waals surface area contributed by atoms with Gasteiger partial charge in [-0.15, -0.1) is 0 Å². The highest BCUT2D eigenvalue weighted by Crippen LogP contribution is 2.18. The highest BCUT2D eigenvalue weighted by atomic mass is 19.1. The summed E-state index contributed by atoms with van der Waals surface area (Å²) in [7, 11) is 0. The van der Waals surface area contributed by atoms with E-state index in [1.807, 2.05) is 11.0 Å². The molecule has 1 aliphatic heterocycles. The summed E-state index contributed by atoms with van der Waals surface area (Å²) in [4.78, 5) is 3.18. The molecule has 1 fully saturated rings. The molecule has 1 heterocycles. The number of rotatable bonds is 3. The van der Waals surface area contributed by atoms with Gasteiger partial charge in [-0.25, -0.2) is 13.2 Å². The lowest BCUT2D eigenvalue weighted by Crippen LogP contribution is -3.13. The van der Waals surface area contributed by atoms with Crippen molar-refractivity contribution in [3.63, 3.8) is 0 Å². The van der Waals surface area contributed by atoms with Crippen molar-refractivity contribution in [2.24, 2.45) is 0 Å². The van der Waals surface area contributed by atoms with Crippen LogP contribution in [0.15, 0.2) is 42.5 Å². The molecule has 116 valence electrons. The molecule has 1 saturated heterocycles. The summed E-state index contributed by atoms with van der Waals surface area (Å²) in [5.41, 5.74) is 1.01. The molecule has 2 nitrogen and oxygen atoms in total. The minimum Gasteiger partial charge on any atom is -0.358 e. The molecule has 1 N–H and O–H groups in total. The molecular formula is C17H18F3N2+. The number of quaternary nitrogens is 1. The molecule has 2 aromatic carbocycles. The van der Waals surface area contributed by atoms with Crippen molar-refractivity contribution in [1.82, 2.24) is 0 Å². The minimum absolute atomic E-state index is 0.220. The van der Waals surface area contributed by atoms with E-state index in [9.17, 15) is 13.2 Å². The molecule has 22 heavy (non-hydrogen) atoms. The maximum Gasteiger partial charge on any atom is 0.146 e. The quantitative estimate of drug-likeness (QED) is 0.911. The van der Waals surface area contributed by atoms with Gasteiger partial charge in [0.05, 0.1) is 31.9 Å². The highest BCUT2D eigenvalue weighted by molar-refractivity contribution is 5.47. The number of halogens is 3. The Morgan fingerprint density at radius 2 is 1.64 bits per heavy atom.